The van der Waals surface area contributed by atoms with Gasteiger partial charge in [0.1, 0.15) is 11.2 Å². The first kappa shape index (κ1) is 36.7. The second-order valence-electron chi connectivity index (χ2n) is 12.6. The fraction of sp³-hybridized carbons (Fsp3) is 0.263. The van der Waals surface area contributed by atoms with Crippen LogP contribution in [0.1, 0.15) is 47.1 Å². The van der Waals surface area contributed by atoms with Gasteiger partial charge in [0.2, 0.25) is 15.9 Å². The fourth-order valence-corrected chi connectivity index (χ4v) is 7.46. The van der Waals surface area contributed by atoms with Crippen LogP contribution in [0.4, 0.5) is 5.69 Å². The van der Waals surface area contributed by atoms with Gasteiger partial charge in [0.05, 0.1) is 36.6 Å². The third-order valence-corrected chi connectivity index (χ3v) is 11.2. The number of anilines is 1. The molecular formula is C38H38Cl2N4O6S. The zero-order valence-corrected chi connectivity index (χ0v) is 30.3. The van der Waals surface area contributed by atoms with E-state index >= 15 is 0 Å². The molecule has 0 saturated carbocycles. The van der Waals surface area contributed by atoms with Crippen molar-refractivity contribution in [2.45, 2.75) is 62.9 Å². The maximum atomic E-state index is 13.7. The molecule has 1 saturated heterocycles. The summed E-state index contributed by atoms with van der Waals surface area (Å²) in [4.78, 5) is 17.8. The molecule has 0 aliphatic carbocycles. The van der Waals surface area contributed by atoms with Gasteiger partial charge in [-0.3, -0.25) is 4.79 Å². The number of sulfonamides is 1. The maximum absolute atomic E-state index is 13.7. The minimum Gasteiger partial charge on any atom is -0.392 e. The summed E-state index contributed by atoms with van der Waals surface area (Å²) in [5, 5.41) is 12.9. The number of hydrogen-bond donors (Lipinski definition) is 3. The highest BCUT2D eigenvalue weighted by Gasteiger charge is 2.39. The summed E-state index contributed by atoms with van der Waals surface area (Å²) in [6, 6.07) is 29.2. The maximum Gasteiger partial charge on any atom is 0.242 e. The number of aliphatic hydroxyl groups is 1. The van der Waals surface area contributed by atoms with Crippen LogP contribution in [0.25, 0.3) is 0 Å². The first-order chi connectivity index (χ1) is 24.5. The van der Waals surface area contributed by atoms with Gasteiger partial charge in [0.15, 0.2) is 11.4 Å². The van der Waals surface area contributed by atoms with Crippen LogP contribution >= 0.6 is 23.2 Å². The molecule has 5 atom stereocenters. The molecule has 6 rings (SSSR count). The van der Waals surface area contributed by atoms with E-state index in [0.717, 1.165) is 22.3 Å². The van der Waals surface area contributed by atoms with Gasteiger partial charge >= 0.3 is 0 Å². The lowest BCUT2D eigenvalue weighted by Crippen LogP contribution is -2.45. The minimum absolute atomic E-state index is 0.0654. The molecule has 1 fully saturated rings. The molecule has 13 heteroatoms. The largest absolute Gasteiger partial charge is 0.392 e. The number of aliphatic hydroxyl groups excluding tert-OH is 1. The van der Waals surface area contributed by atoms with Crippen LogP contribution in [0.2, 0.25) is 10.3 Å². The Morgan fingerprint density at radius 2 is 1.57 bits per heavy atom. The Bertz CT molecular complexity index is 2040. The highest BCUT2D eigenvalue weighted by atomic mass is 35.5. The van der Waals surface area contributed by atoms with Crippen molar-refractivity contribution in [3.8, 4) is 0 Å². The molecule has 1 aromatic heterocycles. The van der Waals surface area contributed by atoms with Crippen LogP contribution in [0.15, 0.2) is 114 Å². The quantitative estimate of drug-likeness (QED) is 0.125. The number of carbonyl (C=O) groups is 1. The monoisotopic (exact) mass is 748 g/mol. The second kappa shape index (κ2) is 16.1. The number of nitrogens with zero attached hydrogens (tertiary/aromatic N) is 2. The van der Waals surface area contributed by atoms with Gasteiger partial charge in [-0.25, -0.2) is 13.4 Å². The van der Waals surface area contributed by atoms with E-state index in [2.05, 4.69) is 15.0 Å². The van der Waals surface area contributed by atoms with E-state index in [9.17, 15) is 18.3 Å². The third-order valence-electron chi connectivity index (χ3n) is 8.91. The first-order valence-electron chi connectivity index (χ1n) is 16.4. The van der Waals surface area contributed by atoms with Crippen molar-refractivity contribution in [1.29, 1.82) is 0 Å². The number of benzene rings is 4. The number of amides is 1. The molecule has 2 heterocycles. The Morgan fingerprint density at radius 1 is 0.902 bits per heavy atom. The smallest absolute Gasteiger partial charge is 0.242 e. The topological polar surface area (TPSA) is 132 Å². The molecular weight excluding hydrogens is 711 g/mol. The number of aromatic nitrogens is 2. The number of hydrogen-bond acceptors (Lipinski definition) is 7. The molecule has 266 valence electrons. The molecule has 10 nitrogen and oxygen atoms in total. The van der Waals surface area contributed by atoms with E-state index in [4.69, 9.17) is 32.7 Å². The van der Waals surface area contributed by atoms with Crippen molar-refractivity contribution in [3.63, 3.8) is 0 Å². The Morgan fingerprint density at radius 3 is 2.20 bits per heavy atom. The van der Waals surface area contributed by atoms with E-state index < -0.39 is 28.3 Å². The lowest BCUT2D eigenvalue weighted by atomic mass is 9.90. The van der Waals surface area contributed by atoms with Crippen molar-refractivity contribution >= 4 is 44.8 Å². The molecule has 5 aromatic rings. The highest BCUT2D eigenvalue weighted by molar-refractivity contribution is 7.89. The minimum atomic E-state index is -4.00. The van der Waals surface area contributed by atoms with Crippen LogP contribution in [-0.4, -0.2) is 41.1 Å². The van der Waals surface area contributed by atoms with Gasteiger partial charge in [-0.05, 0) is 54.3 Å². The summed E-state index contributed by atoms with van der Waals surface area (Å²) in [7, 11) is -4.00. The summed E-state index contributed by atoms with van der Waals surface area (Å²) in [5.41, 5.74) is 4.61. The molecule has 5 unspecified atom stereocenters. The Hall–Kier alpha value is -4.07. The Labute approximate surface area is 307 Å². The number of imidazole rings is 1. The van der Waals surface area contributed by atoms with Crippen molar-refractivity contribution in [2.75, 3.05) is 5.32 Å². The number of ether oxygens (including phenoxy) is 2. The normalized spacial score (nSPS) is 19.8. The van der Waals surface area contributed by atoms with Gasteiger partial charge in [-0.2, -0.15) is 4.72 Å². The molecule has 4 aromatic carbocycles. The Balaban J connectivity index is 1.21. The van der Waals surface area contributed by atoms with Crippen molar-refractivity contribution in [1.82, 2.24) is 14.3 Å². The predicted octanol–water partition coefficient (Wildman–Crippen LogP) is 7.01. The van der Waals surface area contributed by atoms with E-state index in [-0.39, 0.29) is 41.2 Å². The van der Waals surface area contributed by atoms with Crippen molar-refractivity contribution in [3.05, 3.63) is 148 Å². The van der Waals surface area contributed by atoms with Crippen molar-refractivity contribution in [2.24, 2.45) is 5.92 Å². The van der Waals surface area contributed by atoms with Crippen LogP contribution < -0.4 is 10.0 Å². The average Bonchev–Trinajstić information content (AvgIpc) is 3.45. The zero-order valence-electron chi connectivity index (χ0n) is 27.9. The summed E-state index contributed by atoms with van der Waals surface area (Å²) in [6.45, 7) is 4.22. The molecule has 1 aliphatic heterocycles. The fourth-order valence-electron chi connectivity index (χ4n) is 5.96. The van der Waals surface area contributed by atoms with E-state index in [1.54, 1.807) is 47.3 Å². The molecule has 0 bridgehead atoms. The van der Waals surface area contributed by atoms with Gasteiger partial charge < -0.3 is 24.5 Å². The molecule has 1 amide bonds. The SMILES string of the molecule is Cc1ccc(S(=O)(=O)NC(Cc2ccccc2)C(=O)Nc2ccc(C3OC(Cn4cnc(Cl)c4Cl)C(C)C(c4ccc(CO)cc4)O3)cc2)cc1. The number of halogens is 2. The number of carbonyl (C=O) groups excluding carboxylic acids is 1. The summed E-state index contributed by atoms with van der Waals surface area (Å²) in [5.74, 6) is -0.620. The lowest BCUT2D eigenvalue weighted by Gasteiger charge is -2.41. The van der Waals surface area contributed by atoms with Gasteiger partial charge in [0.25, 0.3) is 0 Å². The Kier molecular flexibility index (Phi) is 11.6. The van der Waals surface area contributed by atoms with E-state index in [1.165, 1.54) is 12.1 Å². The summed E-state index contributed by atoms with van der Waals surface area (Å²) >= 11 is 12.5. The molecule has 3 N–H and O–H groups in total. The molecule has 0 spiro atoms. The number of rotatable bonds is 12. The van der Waals surface area contributed by atoms with Crippen LogP contribution in [-0.2, 0) is 43.9 Å². The zero-order chi connectivity index (χ0) is 36.1. The number of nitrogens with one attached hydrogen (secondary N) is 2. The van der Waals surface area contributed by atoms with Crippen LogP contribution in [0.3, 0.4) is 0 Å². The highest BCUT2D eigenvalue weighted by Crippen LogP contribution is 2.42. The standard InChI is InChI=1S/C38H38Cl2N4O6S/c1-24-8-18-31(19-9-24)51(47,48)43-32(20-26-6-4-3-5-7-26)37(46)42-30-16-14-29(15-17-30)38-49-33(21-44-23-41-35(39)36(44)40)25(2)34(50-38)28-12-10-27(22-45)11-13-28/h3-19,23,25,32-34,38,43,45H,20-22H2,1-2H3,(H,42,46). The van der Waals surface area contributed by atoms with Crippen LogP contribution in [0.5, 0.6) is 0 Å². The van der Waals surface area contributed by atoms with Crippen LogP contribution in [0, 0.1) is 12.8 Å². The van der Waals surface area contributed by atoms with Gasteiger partial charge in [-0.1, -0.05) is 115 Å². The van der Waals surface area contributed by atoms with E-state index in [1.807, 2.05) is 68.4 Å². The summed E-state index contributed by atoms with van der Waals surface area (Å²) < 4.78 is 44.0. The lowest BCUT2D eigenvalue weighted by molar-refractivity contribution is -0.276. The second-order valence-corrected chi connectivity index (χ2v) is 15.0. The van der Waals surface area contributed by atoms with Gasteiger partial charge in [-0.15, -0.1) is 0 Å². The van der Waals surface area contributed by atoms with E-state index in [0.29, 0.717) is 22.9 Å². The summed E-state index contributed by atoms with van der Waals surface area (Å²) in [6.07, 6.45) is 0.224. The predicted molar refractivity (Wildman–Crippen MR) is 196 cm³/mol. The molecule has 51 heavy (non-hydrogen) atoms. The van der Waals surface area contributed by atoms with Crippen molar-refractivity contribution < 1.29 is 27.8 Å². The first-order valence-corrected chi connectivity index (χ1v) is 18.6. The molecule has 1 aliphatic rings. The average molecular weight is 750 g/mol. The number of aryl methyl sites for hydroxylation is 1. The van der Waals surface area contributed by atoms with Gasteiger partial charge in [0, 0.05) is 17.2 Å². The third kappa shape index (κ3) is 8.88. The molecule has 0 radical (unpaired) electrons.